The maximum absolute atomic E-state index is 15.0. The van der Waals surface area contributed by atoms with Gasteiger partial charge in [-0.05, 0) is 0 Å². The highest BCUT2D eigenvalue weighted by atomic mass is 19.1. The predicted octanol–water partition coefficient (Wildman–Crippen LogP) is 1.51. The van der Waals surface area contributed by atoms with E-state index < -0.39 is 17.9 Å². The Morgan fingerprint density at radius 2 is 1.97 bits per heavy atom. The van der Waals surface area contributed by atoms with Gasteiger partial charge in [0.2, 0.25) is 11.9 Å². The van der Waals surface area contributed by atoms with Gasteiger partial charge in [0.25, 0.3) is 0 Å². The van der Waals surface area contributed by atoms with Gasteiger partial charge in [0.05, 0.1) is 12.3 Å². The molecule has 1 aliphatic rings. The molecule has 0 bridgehead atoms. The first-order valence-electron chi connectivity index (χ1n) is 10.9. The van der Waals surface area contributed by atoms with Gasteiger partial charge in [0, 0.05) is 61.9 Å². The summed E-state index contributed by atoms with van der Waals surface area (Å²) in [6, 6.07) is 4.71. The fraction of sp³-hybridized carbons (Fsp3) is 0.364. The zero-order valence-corrected chi connectivity index (χ0v) is 19.2. The minimum Gasteiger partial charge on any atom is -0.444 e. The first kappa shape index (κ1) is 25.3. The highest BCUT2D eigenvalue weighted by Gasteiger charge is 2.19. The number of hydrogen-bond donors (Lipinski definition) is 4. The quantitative estimate of drug-likeness (QED) is 0.188. The molecule has 1 aliphatic heterocycles. The Balaban J connectivity index is 1.55. The molecule has 2 amide bonds. The number of anilines is 1. The van der Waals surface area contributed by atoms with E-state index in [0.717, 1.165) is 5.71 Å². The summed E-state index contributed by atoms with van der Waals surface area (Å²) in [5.41, 5.74) is 6.90. The van der Waals surface area contributed by atoms with Crippen molar-refractivity contribution in [2.75, 3.05) is 31.1 Å². The fourth-order valence-electron chi connectivity index (χ4n) is 3.29. The van der Waals surface area contributed by atoms with Gasteiger partial charge in [-0.2, -0.15) is 0 Å². The van der Waals surface area contributed by atoms with Crippen molar-refractivity contribution in [2.24, 2.45) is 10.9 Å². The molecule has 186 valence electrons. The number of guanidine groups is 1. The molecule has 2 heterocycles. The number of ether oxygens (including phenoxy) is 1. The maximum Gasteiger partial charge on any atom is 0.414 e. The molecule has 0 atom stereocenters. The van der Waals surface area contributed by atoms with Crippen LogP contribution in [0, 0.1) is 11.2 Å². The van der Waals surface area contributed by atoms with Gasteiger partial charge in [0.1, 0.15) is 19.0 Å². The number of nitrogens with two attached hydrogens (primary N) is 1. The summed E-state index contributed by atoms with van der Waals surface area (Å²) in [6.07, 6.45) is 3.53. The van der Waals surface area contributed by atoms with Crippen molar-refractivity contribution in [1.29, 1.82) is 5.41 Å². The van der Waals surface area contributed by atoms with Crippen LogP contribution in [0.4, 0.5) is 15.1 Å². The van der Waals surface area contributed by atoms with Crippen LogP contribution in [0.5, 0.6) is 0 Å². The molecule has 1 aromatic carbocycles. The number of amides is 2. The minimum absolute atomic E-state index is 0.111. The van der Waals surface area contributed by atoms with Gasteiger partial charge >= 0.3 is 6.09 Å². The topological polar surface area (TPSA) is 168 Å². The highest BCUT2D eigenvalue weighted by Crippen LogP contribution is 2.25. The number of oxime groups is 1. The Hall–Kier alpha value is -4.29. The molecule has 2 aromatic rings. The minimum atomic E-state index is -0.943. The lowest BCUT2D eigenvalue weighted by molar-refractivity contribution is -0.119. The smallest absolute Gasteiger partial charge is 0.414 e. The monoisotopic (exact) mass is 486 g/mol. The molecule has 0 aliphatic carbocycles. The molecule has 13 heteroatoms. The summed E-state index contributed by atoms with van der Waals surface area (Å²) in [7, 11) is 0. The van der Waals surface area contributed by atoms with Crippen molar-refractivity contribution >= 4 is 29.6 Å². The molecule has 3 rings (SSSR count). The molecule has 5 N–H and O–H groups in total. The van der Waals surface area contributed by atoms with E-state index in [0.29, 0.717) is 50.6 Å². The standard InChI is InChI=1S/C22H27FN8O4/c1-14(32)26-7-10-35-30-17-5-8-31(9-6-17)21-27-11-16(12-28-21)18-4-2-3-15(19(18)23)13-34-22(33)29-20(24)25/h2-4,11-12H,5-10,13H2,1H3,(H,26,32)(H4,24,25,29,33). The van der Waals surface area contributed by atoms with E-state index in [1.165, 1.54) is 13.0 Å². The largest absolute Gasteiger partial charge is 0.444 e. The van der Waals surface area contributed by atoms with Crippen LogP contribution in [-0.2, 0) is 21.0 Å². The zero-order valence-electron chi connectivity index (χ0n) is 19.2. The number of nitrogens with one attached hydrogen (secondary N) is 3. The van der Waals surface area contributed by atoms with E-state index in [1.807, 2.05) is 10.2 Å². The lowest BCUT2D eigenvalue weighted by atomic mass is 10.1. The van der Waals surface area contributed by atoms with Crippen LogP contribution < -0.4 is 21.3 Å². The summed E-state index contributed by atoms with van der Waals surface area (Å²) in [4.78, 5) is 38.3. The Bertz CT molecular complexity index is 1080. The second-order valence-electron chi connectivity index (χ2n) is 7.63. The predicted molar refractivity (Wildman–Crippen MR) is 126 cm³/mol. The number of halogens is 1. The van der Waals surface area contributed by atoms with Gasteiger partial charge in [-0.3, -0.25) is 15.5 Å². The molecule has 0 spiro atoms. The zero-order chi connectivity index (χ0) is 25.2. The number of rotatable bonds is 8. The van der Waals surface area contributed by atoms with Crippen LogP contribution in [0.1, 0.15) is 25.3 Å². The van der Waals surface area contributed by atoms with Crippen molar-refractivity contribution < 1.29 is 23.6 Å². The van der Waals surface area contributed by atoms with Crippen LogP contribution >= 0.6 is 0 Å². The van der Waals surface area contributed by atoms with Crippen molar-refractivity contribution in [2.45, 2.75) is 26.4 Å². The van der Waals surface area contributed by atoms with Crippen molar-refractivity contribution in [3.8, 4) is 11.1 Å². The molecule has 12 nitrogen and oxygen atoms in total. The molecule has 1 aromatic heterocycles. The second-order valence-corrected chi connectivity index (χ2v) is 7.63. The summed E-state index contributed by atoms with van der Waals surface area (Å²) < 4.78 is 19.8. The van der Waals surface area contributed by atoms with Crippen molar-refractivity contribution in [1.82, 2.24) is 20.6 Å². The number of benzene rings is 1. The number of carbonyl (C=O) groups is 2. The summed E-state index contributed by atoms with van der Waals surface area (Å²) >= 11 is 0. The van der Waals surface area contributed by atoms with E-state index in [4.69, 9.17) is 20.7 Å². The van der Waals surface area contributed by atoms with Gasteiger partial charge in [0.15, 0.2) is 5.96 Å². The number of hydrogen-bond acceptors (Lipinski definition) is 9. The normalized spacial score (nSPS) is 13.1. The Kier molecular flexibility index (Phi) is 8.87. The van der Waals surface area contributed by atoms with Gasteiger partial charge in [-0.1, -0.05) is 23.4 Å². The molecule has 1 saturated heterocycles. The van der Waals surface area contributed by atoms with E-state index in [9.17, 15) is 14.0 Å². The summed E-state index contributed by atoms with van der Waals surface area (Å²) in [5.74, 6) is -0.706. The molecule has 0 unspecified atom stereocenters. The Morgan fingerprint density at radius 1 is 1.26 bits per heavy atom. The number of carbonyl (C=O) groups excluding carboxylic acids is 2. The van der Waals surface area contributed by atoms with Crippen LogP contribution in [0.25, 0.3) is 11.1 Å². The first-order valence-corrected chi connectivity index (χ1v) is 10.9. The average Bonchev–Trinajstić information content (AvgIpc) is 2.83. The van der Waals surface area contributed by atoms with Crippen molar-refractivity contribution in [3.63, 3.8) is 0 Å². The maximum atomic E-state index is 15.0. The number of alkyl carbamates (subject to hydrolysis) is 1. The third kappa shape index (κ3) is 7.62. The molecule has 1 fully saturated rings. The van der Waals surface area contributed by atoms with Crippen LogP contribution in [-0.4, -0.2) is 59.9 Å². The Labute approximate surface area is 201 Å². The third-order valence-electron chi connectivity index (χ3n) is 5.01. The summed E-state index contributed by atoms with van der Waals surface area (Å²) in [6.45, 7) is 3.16. The van der Waals surface area contributed by atoms with Crippen molar-refractivity contribution in [3.05, 3.63) is 42.0 Å². The summed E-state index contributed by atoms with van der Waals surface area (Å²) in [5, 5.41) is 15.7. The lowest BCUT2D eigenvalue weighted by Gasteiger charge is -2.27. The average molecular weight is 487 g/mol. The molecule has 0 radical (unpaired) electrons. The van der Waals surface area contributed by atoms with Crippen LogP contribution in [0.15, 0.2) is 35.7 Å². The Morgan fingerprint density at radius 3 is 2.63 bits per heavy atom. The van der Waals surface area contributed by atoms with Gasteiger partial charge < -0.3 is 25.5 Å². The number of nitrogens with zero attached hydrogens (tertiary/aromatic N) is 4. The van der Waals surface area contributed by atoms with E-state index in [1.54, 1.807) is 24.5 Å². The molecular weight excluding hydrogens is 459 g/mol. The molecular formula is C22H27FN8O4. The van der Waals surface area contributed by atoms with Gasteiger partial charge in [-0.15, -0.1) is 0 Å². The van der Waals surface area contributed by atoms with Gasteiger partial charge in [-0.25, -0.2) is 19.2 Å². The lowest BCUT2D eigenvalue weighted by Crippen LogP contribution is -2.36. The first-order chi connectivity index (χ1) is 16.8. The number of piperidine rings is 1. The van der Waals surface area contributed by atoms with E-state index in [2.05, 4.69) is 20.4 Å². The van der Waals surface area contributed by atoms with E-state index in [-0.39, 0.29) is 23.6 Å². The SMILES string of the molecule is CC(=O)NCCON=C1CCN(c2ncc(-c3cccc(COC(=O)NC(=N)N)c3F)cn2)CC1. The highest BCUT2D eigenvalue weighted by molar-refractivity contribution is 5.90. The molecule has 0 saturated carbocycles. The molecule has 35 heavy (non-hydrogen) atoms. The van der Waals surface area contributed by atoms with Crippen LogP contribution in [0.3, 0.4) is 0 Å². The van der Waals surface area contributed by atoms with E-state index >= 15 is 0 Å². The number of aromatic nitrogens is 2. The van der Waals surface area contributed by atoms with Crippen LogP contribution in [0.2, 0.25) is 0 Å². The third-order valence-corrected chi connectivity index (χ3v) is 5.01. The fourth-order valence-corrected chi connectivity index (χ4v) is 3.29. The second kappa shape index (κ2) is 12.3.